The van der Waals surface area contributed by atoms with Gasteiger partial charge in [0.2, 0.25) is 0 Å². The Morgan fingerprint density at radius 1 is 1.17 bits per heavy atom. The topological polar surface area (TPSA) is 76.5 Å². The number of H-pyrrole nitrogens is 1. The molecule has 0 amide bonds. The van der Waals surface area contributed by atoms with Crippen molar-refractivity contribution < 1.29 is 0 Å². The summed E-state index contributed by atoms with van der Waals surface area (Å²) in [7, 11) is 0. The third kappa shape index (κ3) is 3.34. The molecule has 0 aromatic carbocycles. The Morgan fingerprint density at radius 2 is 1.91 bits per heavy atom. The van der Waals surface area contributed by atoms with Gasteiger partial charge in [0.1, 0.15) is 0 Å². The molecule has 3 rings (SSSR count). The number of pyridine rings is 1. The number of thioether (sulfide) groups is 1. The second-order valence-corrected chi connectivity index (χ2v) is 6.21. The first kappa shape index (κ1) is 15.5. The summed E-state index contributed by atoms with van der Waals surface area (Å²) in [6, 6.07) is 7.40. The normalized spacial score (nSPS) is 10.9. The van der Waals surface area contributed by atoms with Crippen molar-refractivity contribution in [1.29, 1.82) is 0 Å². The summed E-state index contributed by atoms with van der Waals surface area (Å²) < 4.78 is 1.47. The lowest BCUT2D eigenvalue weighted by atomic mass is 10.3. The third-order valence-electron chi connectivity index (χ3n) is 3.41. The third-order valence-corrected chi connectivity index (χ3v) is 4.28. The number of nitrogens with zero attached hydrogens (tertiary/aromatic N) is 4. The van der Waals surface area contributed by atoms with Gasteiger partial charge in [0, 0.05) is 28.9 Å². The van der Waals surface area contributed by atoms with Crippen LogP contribution in [0.4, 0.5) is 0 Å². The van der Waals surface area contributed by atoms with Crippen LogP contribution in [-0.4, -0.2) is 24.7 Å². The van der Waals surface area contributed by atoms with Crippen LogP contribution in [0.1, 0.15) is 22.6 Å². The van der Waals surface area contributed by atoms with Gasteiger partial charge in [-0.25, -0.2) is 19.6 Å². The van der Waals surface area contributed by atoms with Gasteiger partial charge in [-0.1, -0.05) is 17.8 Å². The molecule has 3 aromatic heterocycles. The zero-order valence-corrected chi connectivity index (χ0v) is 14.0. The molecule has 0 aliphatic heterocycles. The predicted molar refractivity (Wildman–Crippen MR) is 90.0 cm³/mol. The largest absolute Gasteiger partial charge is 0.292 e. The summed E-state index contributed by atoms with van der Waals surface area (Å²) in [6.45, 7) is 5.71. The first-order chi connectivity index (χ1) is 11.0. The molecule has 0 atom stereocenters. The highest BCUT2D eigenvalue weighted by Crippen LogP contribution is 2.20. The molecule has 0 saturated carbocycles. The van der Waals surface area contributed by atoms with Crippen LogP contribution in [0, 0.1) is 20.8 Å². The molecule has 0 saturated heterocycles. The molecular formula is C16H17N5OS. The Bertz CT molecular complexity index is 865. The van der Waals surface area contributed by atoms with E-state index in [9.17, 15) is 4.79 Å². The second-order valence-electron chi connectivity index (χ2n) is 5.27. The summed E-state index contributed by atoms with van der Waals surface area (Å²) in [5, 5.41) is 3.85. The first-order valence-electron chi connectivity index (χ1n) is 7.21. The highest BCUT2D eigenvalue weighted by Gasteiger charge is 2.13. The van der Waals surface area contributed by atoms with E-state index in [1.165, 1.54) is 16.4 Å². The molecular weight excluding hydrogens is 310 g/mol. The molecule has 1 N–H and O–H groups in total. The molecule has 0 radical (unpaired) electrons. The van der Waals surface area contributed by atoms with Gasteiger partial charge in [-0.15, -0.1) is 0 Å². The maximum Gasteiger partial charge on any atom is 0.275 e. The number of hydrogen-bond acceptors (Lipinski definition) is 5. The number of hydrogen-bond donors (Lipinski definition) is 1. The van der Waals surface area contributed by atoms with Crippen molar-refractivity contribution in [3.63, 3.8) is 0 Å². The van der Waals surface area contributed by atoms with Gasteiger partial charge >= 0.3 is 0 Å². The van der Waals surface area contributed by atoms with Crippen molar-refractivity contribution in [2.24, 2.45) is 0 Å². The van der Waals surface area contributed by atoms with E-state index < -0.39 is 0 Å². The zero-order chi connectivity index (χ0) is 16.4. The summed E-state index contributed by atoms with van der Waals surface area (Å²) >= 11 is 1.51. The molecule has 0 unspecified atom stereocenters. The van der Waals surface area contributed by atoms with E-state index >= 15 is 0 Å². The fourth-order valence-electron chi connectivity index (χ4n) is 2.25. The van der Waals surface area contributed by atoms with Crippen molar-refractivity contribution >= 4 is 11.8 Å². The zero-order valence-electron chi connectivity index (χ0n) is 13.2. The van der Waals surface area contributed by atoms with Crippen molar-refractivity contribution in [2.45, 2.75) is 31.7 Å². The Labute approximate surface area is 138 Å². The van der Waals surface area contributed by atoms with E-state index in [-0.39, 0.29) is 5.56 Å². The van der Waals surface area contributed by atoms with E-state index in [2.05, 4.69) is 20.1 Å². The minimum absolute atomic E-state index is 0.0827. The number of aryl methyl sites for hydroxylation is 2. The second kappa shape index (κ2) is 6.37. The average molecular weight is 327 g/mol. The van der Waals surface area contributed by atoms with Crippen LogP contribution >= 0.6 is 11.8 Å². The lowest BCUT2D eigenvalue weighted by molar-refractivity contribution is 0.804. The monoisotopic (exact) mass is 327 g/mol. The molecule has 118 valence electrons. The van der Waals surface area contributed by atoms with Gasteiger partial charge in [0.15, 0.2) is 11.0 Å². The summed E-state index contributed by atoms with van der Waals surface area (Å²) in [4.78, 5) is 25.4. The van der Waals surface area contributed by atoms with Gasteiger partial charge in [0.05, 0.1) is 5.69 Å². The molecule has 7 heteroatoms. The molecule has 0 aliphatic carbocycles. The van der Waals surface area contributed by atoms with Gasteiger partial charge in [0.25, 0.3) is 5.56 Å². The van der Waals surface area contributed by atoms with Crippen LogP contribution < -0.4 is 5.56 Å². The minimum Gasteiger partial charge on any atom is -0.292 e. The van der Waals surface area contributed by atoms with Crippen LogP contribution in [0.25, 0.3) is 5.82 Å². The van der Waals surface area contributed by atoms with E-state index in [0.29, 0.717) is 22.3 Å². The van der Waals surface area contributed by atoms with Crippen molar-refractivity contribution in [2.75, 3.05) is 0 Å². The van der Waals surface area contributed by atoms with E-state index in [1.54, 1.807) is 12.3 Å². The van der Waals surface area contributed by atoms with Crippen LogP contribution in [0.15, 0.2) is 40.4 Å². The lowest BCUT2D eigenvalue weighted by Crippen LogP contribution is -2.16. The molecule has 23 heavy (non-hydrogen) atoms. The van der Waals surface area contributed by atoms with E-state index in [1.807, 2.05) is 39.0 Å². The Morgan fingerprint density at radius 3 is 2.57 bits per heavy atom. The number of aromatic amines is 1. The fourth-order valence-corrected chi connectivity index (χ4v) is 3.22. The molecule has 6 nitrogen and oxygen atoms in total. The first-order valence-corrected chi connectivity index (χ1v) is 8.20. The quantitative estimate of drug-likeness (QED) is 0.589. The van der Waals surface area contributed by atoms with Crippen molar-refractivity contribution in [3.8, 4) is 5.82 Å². The highest BCUT2D eigenvalue weighted by molar-refractivity contribution is 7.98. The number of rotatable bonds is 4. The van der Waals surface area contributed by atoms with Crippen LogP contribution in [-0.2, 0) is 5.75 Å². The maximum atomic E-state index is 12.4. The maximum absolute atomic E-state index is 12.4. The van der Waals surface area contributed by atoms with Gasteiger partial charge in [-0.3, -0.25) is 9.89 Å². The Balaban J connectivity index is 1.85. The van der Waals surface area contributed by atoms with Gasteiger partial charge in [-0.05, 0) is 39.0 Å². The fraction of sp³-hybridized carbons (Fsp3) is 0.250. The molecule has 0 spiro atoms. The molecule has 3 aromatic rings. The van der Waals surface area contributed by atoms with E-state index in [4.69, 9.17) is 0 Å². The summed E-state index contributed by atoms with van der Waals surface area (Å²) in [6.07, 6.45) is 1.66. The Hall–Kier alpha value is -2.41. The van der Waals surface area contributed by atoms with Crippen LogP contribution in [0.2, 0.25) is 0 Å². The van der Waals surface area contributed by atoms with Gasteiger partial charge in [-0.2, -0.15) is 0 Å². The standard InChI is InChI=1S/C16H17N5OS/c1-10-8-11(2)19-16(18-10)23-9-13-12(3)15(22)21(20-13)14-6-4-5-7-17-14/h4-8,20H,9H2,1-3H3. The summed E-state index contributed by atoms with van der Waals surface area (Å²) in [5.41, 5.74) is 3.34. The molecule has 0 aliphatic rings. The number of aromatic nitrogens is 5. The minimum atomic E-state index is -0.0827. The predicted octanol–water partition coefficient (Wildman–Crippen LogP) is 2.57. The van der Waals surface area contributed by atoms with Crippen LogP contribution in [0.3, 0.4) is 0 Å². The molecule has 3 heterocycles. The molecule has 0 fully saturated rings. The van der Waals surface area contributed by atoms with Gasteiger partial charge < -0.3 is 0 Å². The SMILES string of the molecule is Cc1cc(C)nc(SCc2[nH]n(-c3ccccn3)c(=O)c2C)n1. The lowest BCUT2D eigenvalue weighted by Gasteiger charge is -2.03. The van der Waals surface area contributed by atoms with E-state index in [0.717, 1.165) is 17.1 Å². The van der Waals surface area contributed by atoms with Crippen molar-refractivity contribution in [1.82, 2.24) is 24.7 Å². The average Bonchev–Trinajstić information content (AvgIpc) is 2.81. The van der Waals surface area contributed by atoms with Crippen molar-refractivity contribution in [3.05, 3.63) is 63.5 Å². The summed E-state index contributed by atoms with van der Waals surface area (Å²) in [5.74, 6) is 1.18. The number of nitrogens with one attached hydrogen (secondary N) is 1. The van der Waals surface area contributed by atoms with Crippen LogP contribution in [0.5, 0.6) is 0 Å². The molecule has 0 bridgehead atoms. The highest BCUT2D eigenvalue weighted by atomic mass is 32.2. The smallest absolute Gasteiger partial charge is 0.275 e. The Kier molecular flexibility index (Phi) is 4.29.